The van der Waals surface area contributed by atoms with Crippen LogP contribution in [-0.2, 0) is 16.1 Å². The SMILES string of the molecule is Cc1cnccc1CN1CCOC2(CCCCN(C)C2=O)C1. The van der Waals surface area contributed by atoms with Gasteiger partial charge in [-0.25, -0.2) is 0 Å². The Labute approximate surface area is 132 Å². The van der Waals surface area contributed by atoms with Crippen LogP contribution in [-0.4, -0.2) is 59.6 Å². The molecule has 120 valence electrons. The topological polar surface area (TPSA) is 45.7 Å². The van der Waals surface area contributed by atoms with Crippen molar-refractivity contribution >= 4 is 5.91 Å². The number of pyridine rings is 1. The van der Waals surface area contributed by atoms with Crippen molar-refractivity contribution in [1.29, 1.82) is 0 Å². The van der Waals surface area contributed by atoms with Crippen LogP contribution in [0.1, 0.15) is 30.4 Å². The van der Waals surface area contributed by atoms with Gasteiger partial charge in [0.05, 0.1) is 6.61 Å². The number of amides is 1. The third-order valence-electron chi connectivity index (χ3n) is 4.86. The summed E-state index contributed by atoms with van der Waals surface area (Å²) >= 11 is 0. The third kappa shape index (κ3) is 3.01. The van der Waals surface area contributed by atoms with Crippen molar-refractivity contribution in [3.63, 3.8) is 0 Å². The van der Waals surface area contributed by atoms with Crippen LogP contribution >= 0.6 is 0 Å². The van der Waals surface area contributed by atoms with Gasteiger partial charge in [0.2, 0.25) is 0 Å². The summed E-state index contributed by atoms with van der Waals surface area (Å²) in [5, 5.41) is 0. The van der Waals surface area contributed by atoms with E-state index in [9.17, 15) is 4.79 Å². The van der Waals surface area contributed by atoms with Crippen molar-refractivity contribution < 1.29 is 9.53 Å². The smallest absolute Gasteiger partial charge is 0.255 e. The van der Waals surface area contributed by atoms with Crippen molar-refractivity contribution in [2.75, 3.05) is 33.3 Å². The van der Waals surface area contributed by atoms with Gasteiger partial charge in [0.25, 0.3) is 5.91 Å². The predicted octanol–water partition coefficient (Wildman–Crippen LogP) is 1.60. The summed E-state index contributed by atoms with van der Waals surface area (Å²) in [7, 11) is 1.89. The fourth-order valence-electron chi connectivity index (χ4n) is 3.51. The lowest BCUT2D eigenvalue weighted by Gasteiger charge is -2.42. The molecule has 3 rings (SSSR count). The zero-order chi connectivity index (χ0) is 15.6. The van der Waals surface area contributed by atoms with Gasteiger partial charge >= 0.3 is 0 Å². The Morgan fingerprint density at radius 1 is 1.36 bits per heavy atom. The van der Waals surface area contributed by atoms with Crippen molar-refractivity contribution in [2.45, 2.75) is 38.3 Å². The molecule has 2 fully saturated rings. The van der Waals surface area contributed by atoms with Crippen molar-refractivity contribution in [3.8, 4) is 0 Å². The molecular formula is C17H25N3O2. The molecule has 2 saturated heterocycles. The molecule has 1 unspecified atom stereocenters. The maximum Gasteiger partial charge on any atom is 0.255 e. The van der Waals surface area contributed by atoms with Crippen LogP contribution in [0.4, 0.5) is 0 Å². The lowest BCUT2D eigenvalue weighted by molar-refractivity contribution is -0.169. The van der Waals surface area contributed by atoms with Gasteiger partial charge < -0.3 is 9.64 Å². The minimum Gasteiger partial charge on any atom is -0.362 e. The van der Waals surface area contributed by atoms with E-state index in [0.717, 1.165) is 38.9 Å². The normalized spacial score (nSPS) is 27.2. The number of hydrogen-bond donors (Lipinski definition) is 0. The standard InChI is InChI=1S/C17H25N3O2/c1-14-11-18-7-5-15(14)12-20-9-10-22-17(13-20)6-3-4-8-19(2)16(17)21/h5,7,11H,3-4,6,8-10,12-13H2,1-2H3. The Kier molecular flexibility index (Phi) is 4.45. The van der Waals surface area contributed by atoms with Gasteiger partial charge in [-0.2, -0.15) is 0 Å². The molecule has 2 aliphatic rings. The first-order chi connectivity index (χ1) is 10.6. The van der Waals surface area contributed by atoms with Crippen LogP contribution in [0.25, 0.3) is 0 Å². The quantitative estimate of drug-likeness (QED) is 0.832. The summed E-state index contributed by atoms with van der Waals surface area (Å²) in [4.78, 5) is 21.1. The number of aryl methyl sites for hydroxylation is 1. The van der Waals surface area contributed by atoms with E-state index in [2.05, 4.69) is 22.9 Å². The second-order valence-electron chi connectivity index (χ2n) is 6.54. The number of morpholine rings is 1. The summed E-state index contributed by atoms with van der Waals surface area (Å²) in [5.74, 6) is 0.154. The van der Waals surface area contributed by atoms with Crippen molar-refractivity contribution in [1.82, 2.24) is 14.8 Å². The number of aromatic nitrogens is 1. The van der Waals surface area contributed by atoms with Crippen LogP contribution in [0.2, 0.25) is 0 Å². The molecule has 0 radical (unpaired) electrons. The van der Waals surface area contributed by atoms with Crippen molar-refractivity contribution in [2.24, 2.45) is 0 Å². The van der Waals surface area contributed by atoms with Crippen LogP contribution in [0.3, 0.4) is 0 Å². The van der Waals surface area contributed by atoms with Gasteiger partial charge in [-0.1, -0.05) is 0 Å². The molecule has 5 heteroatoms. The predicted molar refractivity (Wildman–Crippen MR) is 84.4 cm³/mol. The van der Waals surface area contributed by atoms with E-state index in [1.54, 1.807) is 0 Å². The van der Waals surface area contributed by atoms with Gasteiger partial charge in [-0.15, -0.1) is 0 Å². The second-order valence-corrected chi connectivity index (χ2v) is 6.54. The summed E-state index contributed by atoms with van der Waals surface area (Å²) in [5.41, 5.74) is 1.85. The Bertz CT molecular complexity index is 548. The second kappa shape index (κ2) is 6.34. The summed E-state index contributed by atoms with van der Waals surface area (Å²) in [6.45, 7) is 5.98. The number of rotatable bonds is 2. The highest BCUT2D eigenvalue weighted by Crippen LogP contribution is 2.30. The summed E-state index contributed by atoms with van der Waals surface area (Å²) in [6.07, 6.45) is 6.69. The average molecular weight is 303 g/mol. The zero-order valence-electron chi connectivity index (χ0n) is 13.5. The number of likely N-dealkylation sites (tertiary alicyclic amines) is 1. The monoisotopic (exact) mass is 303 g/mol. The molecule has 1 aromatic rings. The van der Waals surface area contributed by atoms with Gasteiger partial charge in [-0.05, 0) is 43.4 Å². The third-order valence-corrected chi connectivity index (χ3v) is 4.86. The first-order valence-electron chi connectivity index (χ1n) is 8.12. The van der Waals surface area contributed by atoms with Crippen LogP contribution in [0.15, 0.2) is 18.5 Å². The Morgan fingerprint density at radius 3 is 3.05 bits per heavy atom. The molecule has 5 nitrogen and oxygen atoms in total. The number of ether oxygens (including phenoxy) is 1. The minimum absolute atomic E-state index is 0.154. The first kappa shape index (κ1) is 15.4. The molecule has 0 N–H and O–H groups in total. The number of carbonyl (C=O) groups is 1. The van der Waals surface area contributed by atoms with E-state index < -0.39 is 5.60 Å². The number of nitrogens with zero attached hydrogens (tertiary/aromatic N) is 3. The van der Waals surface area contributed by atoms with Crippen molar-refractivity contribution in [3.05, 3.63) is 29.6 Å². The Morgan fingerprint density at radius 2 is 2.23 bits per heavy atom. The Balaban J connectivity index is 1.76. The molecule has 1 amide bonds. The summed E-state index contributed by atoms with van der Waals surface area (Å²) < 4.78 is 6.02. The first-order valence-corrected chi connectivity index (χ1v) is 8.12. The van der Waals surface area contributed by atoms with Gasteiger partial charge in [0.15, 0.2) is 5.60 Å². The van der Waals surface area contributed by atoms with E-state index >= 15 is 0 Å². The number of hydrogen-bond acceptors (Lipinski definition) is 4. The largest absolute Gasteiger partial charge is 0.362 e. The molecule has 0 aromatic carbocycles. The molecule has 3 heterocycles. The average Bonchev–Trinajstić information content (AvgIpc) is 2.64. The van der Waals surface area contributed by atoms with E-state index in [0.29, 0.717) is 13.2 Å². The summed E-state index contributed by atoms with van der Waals surface area (Å²) in [6, 6.07) is 2.07. The van der Waals surface area contributed by atoms with Gasteiger partial charge in [-0.3, -0.25) is 14.7 Å². The number of likely N-dealkylation sites (N-methyl/N-ethyl adjacent to an activating group) is 1. The van der Waals surface area contributed by atoms with E-state index in [4.69, 9.17) is 4.74 Å². The van der Waals surface area contributed by atoms with Gasteiger partial charge in [0, 0.05) is 45.6 Å². The molecule has 0 aliphatic carbocycles. The molecule has 1 atom stereocenters. The minimum atomic E-state index is -0.634. The fourth-order valence-corrected chi connectivity index (χ4v) is 3.51. The van der Waals surface area contributed by atoms with E-state index in [1.807, 2.05) is 24.3 Å². The highest BCUT2D eigenvalue weighted by Gasteiger charge is 2.45. The lowest BCUT2D eigenvalue weighted by Crippen LogP contribution is -2.59. The maximum absolute atomic E-state index is 12.8. The van der Waals surface area contributed by atoms with E-state index in [-0.39, 0.29) is 5.91 Å². The number of carbonyl (C=O) groups excluding carboxylic acids is 1. The molecule has 0 saturated carbocycles. The van der Waals surface area contributed by atoms with Gasteiger partial charge in [0.1, 0.15) is 0 Å². The lowest BCUT2D eigenvalue weighted by atomic mass is 9.94. The zero-order valence-corrected chi connectivity index (χ0v) is 13.5. The van der Waals surface area contributed by atoms with Crippen LogP contribution < -0.4 is 0 Å². The molecule has 22 heavy (non-hydrogen) atoms. The Hall–Kier alpha value is -1.46. The molecule has 1 aromatic heterocycles. The fraction of sp³-hybridized carbons (Fsp3) is 0.647. The maximum atomic E-state index is 12.8. The molecular weight excluding hydrogens is 278 g/mol. The molecule has 0 bridgehead atoms. The van der Waals surface area contributed by atoms with Crippen LogP contribution in [0.5, 0.6) is 0 Å². The molecule has 1 spiro atoms. The van der Waals surface area contributed by atoms with E-state index in [1.165, 1.54) is 11.1 Å². The van der Waals surface area contributed by atoms with Crippen LogP contribution in [0, 0.1) is 6.92 Å². The highest BCUT2D eigenvalue weighted by molar-refractivity contribution is 5.85. The highest BCUT2D eigenvalue weighted by atomic mass is 16.5. The molecule has 2 aliphatic heterocycles.